The number of aromatic nitrogens is 2. The summed E-state index contributed by atoms with van der Waals surface area (Å²) < 4.78 is 5.70. The van der Waals surface area contributed by atoms with Crippen molar-refractivity contribution in [3.8, 4) is 11.5 Å². The lowest BCUT2D eigenvalue weighted by Gasteiger charge is -2.07. The monoisotopic (exact) mass is 313 g/mol. The van der Waals surface area contributed by atoms with Crippen LogP contribution in [0, 0.1) is 13.8 Å². The Morgan fingerprint density at radius 1 is 1.09 bits per heavy atom. The fourth-order valence-electron chi connectivity index (χ4n) is 2.22. The van der Waals surface area contributed by atoms with Crippen molar-refractivity contribution < 1.29 is 4.42 Å². The van der Waals surface area contributed by atoms with Crippen molar-refractivity contribution in [1.82, 2.24) is 10.2 Å². The quantitative estimate of drug-likeness (QED) is 0.763. The number of rotatable bonds is 4. The van der Waals surface area contributed by atoms with Crippen LogP contribution in [0.4, 0.5) is 5.69 Å². The van der Waals surface area contributed by atoms with Crippen molar-refractivity contribution in [1.29, 1.82) is 0 Å². The molecule has 0 spiro atoms. The average Bonchev–Trinajstić information content (AvgIpc) is 2.95. The van der Waals surface area contributed by atoms with Crippen molar-refractivity contribution in [3.05, 3.63) is 64.5 Å². The first-order chi connectivity index (χ1) is 10.6. The van der Waals surface area contributed by atoms with E-state index in [0.29, 0.717) is 18.3 Å². The fourth-order valence-corrected chi connectivity index (χ4v) is 2.44. The molecule has 0 aliphatic rings. The number of benzene rings is 2. The molecular weight excluding hydrogens is 298 g/mol. The van der Waals surface area contributed by atoms with Gasteiger partial charge in [-0.05, 0) is 49.7 Å². The van der Waals surface area contributed by atoms with E-state index in [1.54, 1.807) is 0 Å². The van der Waals surface area contributed by atoms with Crippen LogP contribution in [-0.2, 0) is 6.54 Å². The molecule has 0 unspecified atom stereocenters. The Labute approximate surface area is 134 Å². The van der Waals surface area contributed by atoms with Gasteiger partial charge in [0.05, 0.1) is 6.54 Å². The van der Waals surface area contributed by atoms with E-state index in [-0.39, 0.29) is 0 Å². The summed E-state index contributed by atoms with van der Waals surface area (Å²) in [6, 6.07) is 13.7. The molecule has 0 saturated carbocycles. The standard InChI is InChI=1S/C17H16ClN3O/c1-11-4-3-5-13(8-11)17-21-20-16(22-17)10-19-15-7-6-14(18)9-12(15)2/h3-9,19H,10H2,1-2H3. The number of anilines is 1. The molecule has 0 bridgehead atoms. The summed E-state index contributed by atoms with van der Waals surface area (Å²) >= 11 is 5.95. The SMILES string of the molecule is Cc1cccc(-c2nnc(CNc3ccc(Cl)cc3C)o2)c1. The van der Waals surface area contributed by atoms with Gasteiger partial charge < -0.3 is 9.73 Å². The summed E-state index contributed by atoms with van der Waals surface area (Å²) in [4.78, 5) is 0. The molecule has 2 aromatic carbocycles. The molecular formula is C17H16ClN3O. The maximum absolute atomic E-state index is 5.95. The second-order valence-corrected chi connectivity index (χ2v) is 5.62. The summed E-state index contributed by atoms with van der Waals surface area (Å²) in [7, 11) is 0. The second-order valence-electron chi connectivity index (χ2n) is 5.18. The molecule has 1 N–H and O–H groups in total. The van der Waals surface area contributed by atoms with Crippen LogP contribution in [0.1, 0.15) is 17.0 Å². The number of aryl methyl sites for hydroxylation is 2. The molecule has 0 fully saturated rings. The first kappa shape index (κ1) is 14.6. The third kappa shape index (κ3) is 3.28. The van der Waals surface area contributed by atoms with Gasteiger partial charge in [0, 0.05) is 16.3 Å². The Bertz CT molecular complexity index is 798. The average molecular weight is 314 g/mol. The van der Waals surface area contributed by atoms with Crippen molar-refractivity contribution in [2.45, 2.75) is 20.4 Å². The maximum atomic E-state index is 5.95. The van der Waals surface area contributed by atoms with Crippen LogP contribution in [0.3, 0.4) is 0 Å². The minimum Gasteiger partial charge on any atom is -0.419 e. The van der Waals surface area contributed by atoms with Crippen LogP contribution in [0.25, 0.3) is 11.5 Å². The zero-order chi connectivity index (χ0) is 15.5. The summed E-state index contributed by atoms with van der Waals surface area (Å²) in [6.45, 7) is 4.51. The highest BCUT2D eigenvalue weighted by atomic mass is 35.5. The van der Waals surface area contributed by atoms with Gasteiger partial charge in [0.2, 0.25) is 11.8 Å². The Balaban J connectivity index is 1.72. The number of hydrogen-bond donors (Lipinski definition) is 1. The molecule has 3 aromatic rings. The van der Waals surface area contributed by atoms with Crippen LogP contribution >= 0.6 is 11.6 Å². The van der Waals surface area contributed by atoms with Crippen LogP contribution in [0.5, 0.6) is 0 Å². The third-order valence-corrected chi connectivity index (χ3v) is 3.59. The van der Waals surface area contributed by atoms with Crippen molar-refractivity contribution in [3.63, 3.8) is 0 Å². The fraction of sp³-hybridized carbons (Fsp3) is 0.176. The summed E-state index contributed by atoms with van der Waals surface area (Å²) in [5.74, 6) is 1.08. The van der Waals surface area contributed by atoms with Crippen LogP contribution in [-0.4, -0.2) is 10.2 Å². The van der Waals surface area contributed by atoms with E-state index >= 15 is 0 Å². The smallest absolute Gasteiger partial charge is 0.247 e. The summed E-state index contributed by atoms with van der Waals surface area (Å²) in [6.07, 6.45) is 0. The minimum absolute atomic E-state index is 0.474. The molecule has 3 rings (SSSR count). The Kier molecular flexibility index (Phi) is 4.11. The van der Waals surface area contributed by atoms with Crippen LogP contribution in [0.2, 0.25) is 5.02 Å². The Morgan fingerprint density at radius 3 is 2.73 bits per heavy atom. The molecule has 4 nitrogen and oxygen atoms in total. The second kappa shape index (κ2) is 6.20. The maximum Gasteiger partial charge on any atom is 0.247 e. The first-order valence-electron chi connectivity index (χ1n) is 7.01. The van der Waals surface area contributed by atoms with E-state index in [0.717, 1.165) is 27.4 Å². The Morgan fingerprint density at radius 2 is 1.95 bits per heavy atom. The largest absolute Gasteiger partial charge is 0.419 e. The Hall–Kier alpha value is -2.33. The molecule has 1 heterocycles. The first-order valence-corrected chi connectivity index (χ1v) is 7.39. The molecule has 22 heavy (non-hydrogen) atoms. The molecule has 5 heteroatoms. The number of hydrogen-bond acceptors (Lipinski definition) is 4. The summed E-state index contributed by atoms with van der Waals surface area (Å²) in [5, 5.41) is 12.2. The molecule has 0 saturated heterocycles. The topological polar surface area (TPSA) is 51.0 Å². The normalized spacial score (nSPS) is 10.7. The zero-order valence-corrected chi connectivity index (χ0v) is 13.2. The van der Waals surface area contributed by atoms with Gasteiger partial charge in [0.1, 0.15) is 0 Å². The molecule has 0 radical (unpaired) electrons. The van der Waals surface area contributed by atoms with Crippen molar-refractivity contribution in [2.24, 2.45) is 0 Å². The van der Waals surface area contributed by atoms with Gasteiger partial charge in [-0.25, -0.2) is 0 Å². The lowest BCUT2D eigenvalue weighted by molar-refractivity contribution is 0.515. The molecule has 1 aromatic heterocycles. The van der Waals surface area contributed by atoms with E-state index in [9.17, 15) is 0 Å². The van der Waals surface area contributed by atoms with Gasteiger partial charge in [0.15, 0.2) is 0 Å². The van der Waals surface area contributed by atoms with E-state index < -0.39 is 0 Å². The van der Waals surface area contributed by atoms with Gasteiger partial charge in [-0.2, -0.15) is 0 Å². The number of nitrogens with zero attached hydrogens (tertiary/aromatic N) is 2. The van der Waals surface area contributed by atoms with Gasteiger partial charge in [-0.1, -0.05) is 29.3 Å². The third-order valence-electron chi connectivity index (χ3n) is 3.35. The minimum atomic E-state index is 0.474. The molecule has 0 amide bonds. The zero-order valence-electron chi connectivity index (χ0n) is 12.4. The predicted molar refractivity (Wildman–Crippen MR) is 88.0 cm³/mol. The number of nitrogens with one attached hydrogen (secondary N) is 1. The van der Waals surface area contributed by atoms with E-state index in [1.165, 1.54) is 0 Å². The van der Waals surface area contributed by atoms with Gasteiger partial charge in [-0.3, -0.25) is 0 Å². The van der Waals surface area contributed by atoms with Crippen molar-refractivity contribution in [2.75, 3.05) is 5.32 Å². The van der Waals surface area contributed by atoms with Crippen molar-refractivity contribution >= 4 is 17.3 Å². The highest BCUT2D eigenvalue weighted by Gasteiger charge is 2.09. The highest BCUT2D eigenvalue weighted by molar-refractivity contribution is 6.30. The van der Waals surface area contributed by atoms with E-state index in [1.807, 2.05) is 56.3 Å². The molecule has 0 atom stereocenters. The lowest BCUT2D eigenvalue weighted by Crippen LogP contribution is -2.01. The van der Waals surface area contributed by atoms with E-state index in [2.05, 4.69) is 15.5 Å². The molecule has 0 aliphatic carbocycles. The van der Waals surface area contributed by atoms with Crippen LogP contribution < -0.4 is 5.32 Å². The van der Waals surface area contributed by atoms with Crippen LogP contribution in [0.15, 0.2) is 46.9 Å². The number of halogens is 1. The van der Waals surface area contributed by atoms with Gasteiger partial charge >= 0.3 is 0 Å². The highest BCUT2D eigenvalue weighted by Crippen LogP contribution is 2.22. The van der Waals surface area contributed by atoms with Gasteiger partial charge in [-0.15, -0.1) is 10.2 Å². The van der Waals surface area contributed by atoms with Gasteiger partial charge in [0.25, 0.3) is 0 Å². The van der Waals surface area contributed by atoms with E-state index in [4.69, 9.17) is 16.0 Å². The molecule has 0 aliphatic heterocycles. The molecule has 112 valence electrons. The predicted octanol–water partition coefficient (Wildman–Crippen LogP) is 4.62. The summed E-state index contributed by atoms with van der Waals surface area (Å²) in [5.41, 5.74) is 4.17. The lowest BCUT2D eigenvalue weighted by atomic mass is 10.1.